The molecule has 9 rings (SSSR count). The molecule has 8 aromatic carbocycles. The molecule has 1 heteroatoms. The van der Waals surface area contributed by atoms with Gasteiger partial charge < -0.3 is 4.42 Å². The van der Waals surface area contributed by atoms with Gasteiger partial charge in [0.1, 0.15) is 11.2 Å². The molecule has 1 aromatic heterocycles. The number of hydrogen-bond acceptors (Lipinski definition) is 1. The van der Waals surface area contributed by atoms with Crippen LogP contribution in [0.2, 0.25) is 0 Å². The average molecular weight is 584 g/mol. The summed E-state index contributed by atoms with van der Waals surface area (Å²) in [5.41, 5.74) is 3.92. The summed E-state index contributed by atoms with van der Waals surface area (Å²) >= 11 is 0. The maximum Gasteiger partial charge on any atom is 0.143 e. The van der Waals surface area contributed by atoms with Crippen LogP contribution < -0.4 is 0 Å². The van der Waals surface area contributed by atoms with E-state index in [9.17, 15) is 4.11 Å². The van der Waals surface area contributed by atoms with Gasteiger partial charge in [-0.2, -0.15) is 0 Å². The summed E-state index contributed by atoms with van der Waals surface area (Å²) < 4.78 is 102. The SMILES string of the molecule is [2H]c1c([2H])c([2H])c(-c2ccc(-c3c4ccccc4c(-c4c([2H])c([2H])c5c(oc6c(-c7ccccc7)c([2H])c([2H])c([2H])c65)c4[2H])c4ccccc34)cc2)c([2H])c1[2H]. The third kappa shape index (κ3) is 4.17. The fourth-order valence-electron chi connectivity index (χ4n) is 6.26. The third-order valence-corrected chi connectivity index (χ3v) is 8.27. The molecule has 0 aliphatic rings. The normalized spacial score (nSPS) is 15.0. The molecule has 45 heavy (non-hydrogen) atoms. The number of furan rings is 1. The molecule has 1 heterocycles. The van der Waals surface area contributed by atoms with Crippen LogP contribution in [0.25, 0.3) is 88.0 Å². The number of benzene rings is 8. The van der Waals surface area contributed by atoms with Gasteiger partial charge in [0.05, 0.1) is 15.1 Å². The van der Waals surface area contributed by atoms with Crippen LogP contribution in [0, 0.1) is 0 Å². The smallest absolute Gasteiger partial charge is 0.143 e. The molecule has 0 spiro atoms. The summed E-state index contributed by atoms with van der Waals surface area (Å²) in [5.74, 6) is 0. The van der Waals surface area contributed by atoms with Crippen LogP contribution in [0.5, 0.6) is 0 Å². The van der Waals surface area contributed by atoms with Gasteiger partial charge in [-0.1, -0.05) is 158 Å². The molecule has 0 radical (unpaired) electrons. The maximum absolute atomic E-state index is 9.63. The molecule has 1 nitrogen and oxygen atoms in total. The topological polar surface area (TPSA) is 13.1 Å². The first-order valence-corrected chi connectivity index (χ1v) is 14.5. The van der Waals surface area contributed by atoms with Crippen molar-refractivity contribution in [2.45, 2.75) is 0 Å². The minimum Gasteiger partial charge on any atom is -0.455 e. The first kappa shape index (κ1) is 16.8. The Labute approximate surface area is 277 Å². The monoisotopic (exact) mass is 583 g/mol. The lowest BCUT2D eigenvalue weighted by atomic mass is 9.85. The fourth-order valence-corrected chi connectivity index (χ4v) is 6.26. The zero-order chi connectivity index (χ0) is 39.3. The highest BCUT2D eigenvalue weighted by atomic mass is 16.3. The molecule has 0 aliphatic heterocycles. The molecule has 0 bridgehead atoms. The van der Waals surface area contributed by atoms with Crippen molar-refractivity contribution in [2.24, 2.45) is 0 Å². The van der Waals surface area contributed by atoms with Gasteiger partial charge in [-0.05, 0) is 72.6 Å². The molecule has 210 valence electrons. The van der Waals surface area contributed by atoms with Crippen molar-refractivity contribution < 1.29 is 19.5 Å². The second-order valence-electron chi connectivity index (χ2n) is 10.8. The van der Waals surface area contributed by atoms with Gasteiger partial charge in [0.25, 0.3) is 0 Å². The van der Waals surface area contributed by atoms with E-state index in [0.29, 0.717) is 27.5 Å². The van der Waals surface area contributed by atoms with Crippen molar-refractivity contribution in [2.75, 3.05) is 0 Å². The summed E-state index contributed by atoms with van der Waals surface area (Å²) in [6.07, 6.45) is 0. The predicted octanol–water partition coefficient (Wildman–Crippen LogP) is 12.6. The summed E-state index contributed by atoms with van der Waals surface area (Å²) in [7, 11) is 0. The highest BCUT2D eigenvalue weighted by molar-refractivity contribution is 6.22. The minimum atomic E-state index is -0.454. The summed E-state index contributed by atoms with van der Waals surface area (Å²) in [4.78, 5) is 0. The Balaban J connectivity index is 1.32. The van der Waals surface area contributed by atoms with E-state index in [1.165, 1.54) is 0 Å². The van der Waals surface area contributed by atoms with E-state index >= 15 is 0 Å². The van der Waals surface area contributed by atoms with Crippen LogP contribution in [-0.2, 0) is 0 Å². The van der Waals surface area contributed by atoms with E-state index in [1.807, 2.05) is 66.7 Å². The number of para-hydroxylation sites is 1. The van der Waals surface area contributed by atoms with Gasteiger partial charge in [0, 0.05) is 16.3 Å². The average Bonchev–Trinajstić information content (AvgIpc) is 3.62. The van der Waals surface area contributed by atoms with Crippen molar-refractivity contribution in [3.8, 4) is 44.5 Å². The Hall–Kier alpha value is -5.92. The van der Waals surface area contributed by atoms with Crippen molar-refractivity contribution >= 4 is 43.5 Å². The molecule has 0 fully saturated rings. The zero-order valence-electron chi connectivity index (χ0n) is 34.7. The van der Waals surface area contributed by atoms with Crippen LogP contribution in [0.15, 0.2) is 174 Å². The molecule has 0 atom stereocenters. The molecular weight excluding hydrogens is 544 g/mol. The first-order chi connectivity index (χ1) is 26.9. The highest BCUT2D eigenvalue weighted by Gasteiger charge is 2.18. The summed E-state index contributed by atoms with van der Waals surface area (Å²) in [6.45, 7) is 0. The second-order valence-corrected chi connectivity index (χ2v) is 10.8. The highest BCUT2D eigenvalue weighted by Crippen LogP contribution is 2.45. The van der Waals surface area contributed by atoms with Gasteiger partial charge in [-0.25, -0.2) is 0 Å². The lowest BCUT2D eigenvalue weighted by Gasteiger charge is -2.18. The van der Waals surface area contributed by atoms with Gasteiger partial charge in [0.2, 0.25) is 0 Å². The Kier molecular flexibility index (Phi) is 3.87. The second kappa shape index (κ2) is 10.4. The first-order valence-electron chi connectivity index (χ1n) is 20.0. The molecular formula is C44H28O. The summed E-state index contributed by atoms with van der Waals surface area (Å²) in [5, 5.41) is 3.21. The van der Waals surface area contributed by atoms with Crippen molar-refractivity contribution in [1.82, 2.24) is 0 Å². The molecule has 0 N–H and O–H groups in total. The van der Waals surface area contributed by atoms with Crippen molar-refractivity contribution in [3.05, 3.63) is 170 Å². The maximum atomic E-state index is 9.63. The molecule has 0 saturated carbocycles. The Morgan fingerprint density at radius 1 is 0.378 bits per heavy atom. The van der Waals surface area contributed by atoms with Gasteiger partial charge in [-0.3, -0.25) is 0 Å². The Morgan fingerprint density at radius 3 is 1.64 bits per heavy atom. The van der Waals surface area contributed by atoms with E-state index in [1.54, 1.807) is 36.4 Å². The number of hydrogen-bond donors (Lipinski definition) is 0. The van der Waals surface area contributed by atoms with Crippen LogP contribution in [0.3, 0.4) is 0 Å². The van der Waals surface area contributed by atoms with E-state index in [-0.39, 0.29) is 87.0 Å². The summed E-state index contributed by atoms with van der Waals surface area (Å²) in [6, 6.07) is 28.0. The van der Waals surface area contributed by atoms with E-state index < -0.39 is 18.1 Å². The van der Waals surface area contributed by atoms with E-state index in [2.05, 4.69) is 0 Å². The molecule has 0 aliphatic carbocycles. The molecule has 9 aromatic rings. The van der Waals surface area contributed by atoms with Crippen LogP contribution in [0.1, 0.15) is 15.1 Å². The Bertz CT molecular complexity index is 3050. The predicted molar refractivity (Wildman–Crippen MR) is 190 cm³/mol. The Morgan fingerprint density at radius 2 is 0.978 bits per heavy atom. The van der Waals surface area contributed by atoms with Gasteiger partial charge in [0.15, 0.2) is 0 Å². The third-order valence-electron chi connectivity index (χ3n) is 8.27. The molecule has 0 saturated heterocycles. The molecule has 0 amide bonds. The van der Waals surface area contributed by atoms with Gasteiger partial charge >= 0.3 is 0 Å². The van der Waals surface area contributed by atoms with E-state index in [0.717, 1.165) is 21.9 Å². The zero-order valence-corrected chi connectivity index (χ0v) is 23.7. The number of fused-ring (bicyclic) bond motifs is 5. The number of rotatable bonds is 4. The lowest BCUT2D eigenvalue weighted by Crippen LogP contribution is -1.91. The largest absolute Gasteiger partial charge is 0.455 e. The van der Waals surface area contributed by atoms with Crippen LogP contribution in [0.4, 0.5) is 0 Å². The quantitative estimate of drug-likeness (QED) is 0.188. The molecule has 0 unspecified atom stereocenters. The van der Waals surface area contributed by atoms with Crippen LogP contribution >= 0.6 is 0 Å². The van der Waals surface area contributed by atoms with E-state index in [4.69, 9.17) is 15.4 Å². The minimum absolute atomic E-state index is 0.00726. The standard InChI is InChI=1S/C44H28O/c1-3-12-29(13-4-1)30-22-24-32(25-23-30)42-36-16-7-9-18-38(36)43(39-19-10-8-17-37(39)42)33-26-27-35-40-21-11-20-34(31-14-5-2-6-15-31)44(40)45-41(35)28-33/h1-28H/i1D,3D,4D,11D,12D,13D,20D,21D,26D,27D,28D. The fraction of sp³-hybridized carbons (Fsp3) is 0. The van der Waals surface area contributed by atoms with Crippen molar-refractivity contribution in [1.29, 1.82) is 0 Å². The van der Waals surface area contributed by atoms with Crippen LogP contribution in [-0.4, -0.2) is 0 Å². The lowest BCUT2D eigenvalue weighted by molar-refractivity contribution is 0.670. The van der Waals surface area contributed by atoms with Gasteiger partial charge in [-0.15, -0.1) is 0 Å². The van der Waals surface area contributed by atoms with Crippen molar-refractivity contribution in [3.63, 3.8) is 0 Å².